The quantitative estimate of drug-likeness (QED) is 0.447. The van der Waals surface area contributed by atoms with Crippen LogP contribution in [0.1, 0.15) is 18.4 Å². The Balaban J connectivity index is 1.82. The normalized spacial score (nSPS) is 20.6. The van der Waals surface area contributed by atoms with Gasteiger partial charge in [-0.3, -0.25) is 4.79 Å². The molecule has 0 aromatic heterocycles. The summed E-state index contributed by atoms with van der Waals surface area (Å²) in [6, 6.07) is 7.09. The molecule has 1 heterocycles. The first-order valence-electron chi connectivity index (χ1n) is 6.21. The zero-order valence-corrected chi connectivity index (χ0v) is 10.2. The minimum atomic E-state index is -0.858. The van der Waals surface area contributed by atoms with Gasteiger partial charge in [0.05, 0.1) is 6.04 Å². The topological polar surface area (TPSA) is 87.4 Å². The van der Waals surface area contributed by atoms with E-state index in [-0.39, 0.29) is 11.9 Å². The van der Waals surface area contributed by atoms with Crippen LogP contribution in [0.25, 0.3) is 0 Å². The Morgan fingerprint density at radius 1 is 1.50 bits per heavy atom. The summed E-state index contributed by atoms with van der Waals surface area (Å²) in [5.41, 5.74) is 7.21. The van der Waals surface area contributed by atoms with Crippen LogP contribution in [0.5, 0.6) is 0 Å². The van der Waals surface area contributed by atoms with Gasteiger partial charge in [0.25, 0.3) is 0 Å². The highest BCUT2D eigenvalue weighted by Gasteiger charge is 2.23. The summed E-state index contributed by atoms with van der Waals surface area (Å²) in [7, 11) is 0. The first-order chi connectivity index (χ1) is 8.65. The third kappa shape index (κ3) is 3.45. The number of carbonyl (C=O) groups excluding carboxylic acids is 1. The van der Waals surface area contributed by atoms with Crippen molar-refractivity contribution in [1.29, 1.82) is 0 Å². The number of aliphatic hydroxyl groups is 1. The molecule has 98 valence electrons. The number of amides is 1. The van der Waals surface area contributed by atoms with Crippen LogP contribution in [-0.4, -0.2) is 29.8 Å². The van der Waals surface area contributed by atoms with E-state index in [0.717, 1.165) is 24.9 Å². The lowest BCUT2D eigenvalue weighted by Crippen LogP contribution is -2.45. The highest BCUT2D eigenvalue weighted by atomic mass is 16.3. The Kier molecular flexibility index (Phi) is 4.17. The second-order valence-corrected chi connectivity index (χ2v) is 4.62. The van der Waals surface area contributed by atoms with Gasteiger partial charge in [0.15, 0.2) is 0 Å². The van der Waals surface area contributed by atoms with Crippen LogP contribution >= 0.6 is 0 Å². The van der Waals surface area contributed by atoms with Gasteiger partial charge in [-0.2, -0.15) is 0 Å². The van der Waals surface area contributed by atoms with Crippen molar-refractivity contribution in [3.8, 4) is 0 Å². The lowest BCUT2D eigenvalue weighted by molar-refractivity contribution is -0.125. The van der Waals surface area contributed by atoms with E-state index in [9.17, 15) is 9.90 Å². The number of nitrogen functional groups attached to an aromatic ring is 1. The van der Waals surface area contributed by atoms with E-state index in [1.807, 2.05) is 12.1 Å². The lowest BCUT2D eigenvalue weighted by atomic mass is 10.1. The molecule has 0 aliphatic carbocycles. The minimum Gasteiger partial charge on any atom is -0.399 e. The molecular formula is C13H19N3O2. The molecular weight excluding hydrogens is 230 g/mol. The fourth-order valence-electron chi connectivity index (χ4n) is 2.10. The molecule has 1 aromatic carbocycles. The molecule has 1 aromatic rings. The van der Waals surface area contributed by atoms with Crippen LogP contribution < -0.4 is 16.4 Å². The van der Waals surface area contributed by atoms with Crippen LogP contribution in [0.3, 0.4) is 0 Å². The predicted molar refractivity (Wildman–Crippen MR) is 69.7 cm³/mol. The maximum Gasteiger partial charge on any atom is 0.239 e. The highest BCUT2D eigenvalue weighted by Crippen LogP contribution is 2.08. The van der Waals surface area contributed by atoms with Gasteiger partial charge in [0.2, 0.25) is 5.91 Å². The summed E-state index contributed by atoms with van der Waals surface area (Å²) in [4.78, 5) is 11.7. The molecule has 1 amide bonds. The Bertz CT molecular complexity index is 399. The van der Waals surface area contributed by atoms with E-state index < -0.39 is 6.23 Å². The Hall–Kier alpha value is -1.59. The lowest BCUT2D eigenvalue weighted by Gasteiger charge is -2.16. The first-order valence-corrected chi connectivity index (χ1v) is 6.21. The summed E-state index contributed by atoms with van der Waals surface area (Å²) in [5, 5.41) is 15.5. The number of hydrogen-bond donors (Lipinski definition) is 4. The van der Waals surface area contributed by atoms with Crippen molar-refractivity contribution in [2.45, 2.75) is 31.5 Å². The third-order valence-electron chi connectivity index (χ3n) is 3.09. The predicted octanol–water partition coefficient (Wildman–Crippen LogP) is -0.00210. The van der Waals surface area contributed by atoms with Crippen molar-refractivity contribution >= 4 is 11.6 Å². The number of benzene rings is 1. The molecule has 1 aliphatic heterocycles. The molecule has 18 heavy (non-hydrogen) atoms. The summed E-state index contributed by atoms with van der Waals surface area (Å²) in [6.07, 6.45) is 1.37. The molecule has 2 rings (SSSR count). The smallest absolute Gasteiger partial charge is 0.239 e. The van der Waals surface area contributed by atoms with Crippen molar-refractivity contribution in [3.63, 3.8) is 0 Å². The van der Waals surface area contributed by atoms with Crippen molar-refractivity contribution < 1.29 is 9.90 Å². The molecule has 1 fully saturated rings. The molecule has 0 bridgehead atoms. The van der Waals surface area contributed by atoms with E-state index in [0.29, 0.717) is 12.1 Å². The third-order valence-corrected chi connectivity index (χ3v) is 3.09. The number of aliphatic hydroxyl groups excluding tert-OH is 1. The van der Waals surface area contributed by atoms with E-state index in [1.54, 1.807) is 12.1 Å². The van der Waals surface area contributed by atoms with Crippen LogP contribution in [0.4, 0.5) is 5.69 Å². The van der Waals surface area contributed by atoms with Gasteiger partial charge in [0, 0.05) is 12.1 Å². The summed E-state index contributed by atoms with van der Waals surface area (Å²) < 4.78 is 0. The van der Waals surface area contributed by atoms with E-state index in [1.165, 1.54) is 0 Å². The Labute approximate surface area is 106 Å². The molecule has 0 radical (unpaired) electrons. The monoisotopic (exact) mass is 249 g/mol. The van der Waals surface area contributed by atoms with Crippen molar-refractivity contribution in [1.82, 2.24) is 10.6 Å². The van der Waals surface area contributed by atoms with E-state index in [4.69, 9.17) is 5.73 Å². The molecule has 1 saturated heterocycles. The van der Waals surface area contributed by atoms with Crippen LogP contribution in [-0.2, 0) is 11.2 Å². The minimum absolute atomic E-state index is 0.129. The summed E-state index contributed by atoms with van der Waals surface area (Å²) in [6.45, 7) is 0.867. The number of carbonyl (C=O) groups is 1. The molecule has 5 nitrogen and oxygen atoms in total. The Morgan fingerprint density at radius 2 is 2.22 bits per heavy atom. The second-order valence-electron chi connectivity index (χ2n) is 4.62. The SMILES string of the molecule is Nc1ccc(CC(O)NC(=O)C2CCCN2)cc1. The van der Waals surface area contributed by atoms with Crippen LogP contribution in [0.2, 0.25) is 0 Å². The Morgan fingerprint density at radius 3 is 2.83 bits per heavy atom. The molecule has 2 unspecified atom stereocenters. The molecule has 0 saturated carbocycles. The zero-order chi connectivity index (χ0) is 13.0. The average molecular weight is 249 g/mol. The van der Waals surface area contributed by atoms with Gasteiger partial charge in [-0.1, -0.05) is 12.1 Å². The number of hydrogen-bond acceptors (Lipinski definition) is 4. The van der Waals surface area contributed by atoms with E-state index >= 15 is 0 Å². The fraction of sp³-hybridized carbons (Fsp3) is 0.462. The molecule has 0 spiro atoms. The van der Waals surface area contributed by atoms with Crippen molar-refractivity contribution in [2.24, 2.45) is 0 Å². The largest absolute Gasteiger partial charge is 0.399 e. The van der Waals surface area contributed by atoms with Crippen molar-refractivity contribution in [2.75, 3.05) is 12.3 Å². The van der Waals surface area contributed by atoms with E-state index in [2.05, 4.69) is 10.6 Å². The standard InChI is InChI=1S/C13H19N3O2/c14-10-5-3-9(4-6-10)8-12(17)16-13(18)11-2-1-7-15-11/h3-6,11-12,15,17H,1-2,7-8,14H2,(H,16,18). The van der Waals surface area contributed by atoms with Gasteiger partial charge in [-0.05, 0) is 37.1 Å². The van der Waals surface area contributed by atoms with Gasteiger partial charge in [-0.15, -0.1) is 0 Å². The summed E-state index contributed by atoms with van der Waals surface area (Å²) in [5.74, 6) is -0.129. The molecule has 1 aliphatic rings. The van der Waals surface area contributed by atoms with Crippen LogP contribution in [0.15, 0.2) is 24.3 Å². The number of nitrogens with one attached hydrogen (secondary N) is 2. The molecule has 5 N–H and O–H groups in total. The maximum atomic E-state index is 11.7. The molecule has 5 heteroatoms. The average Bonchev–Trinajstić information content (AvgIpc) is 2.85. The van der Waals surface area contributed by atoms with Crippen molar-refractivity contribution in [3.05, 3.63) is 29.8 Å². The number of rotatable bonds is 4. The number of nitrogens with two attached hydrogens (primary N) is 1. The first kappa shape index (κ1) is 12.9. The van der Waals surface area contributed by atoms with Gasteiger partial charge >= 0.3 is 0 Å². The van der Waals surface area contributed by atoms with Gasteiger partial charge < -0.3 is 21.5 Å². The van der Waals surface area contributed by atoms with Crippen LogP contribution in [0, 0.1) is 0 Å². The zero-order valence-electron chi connectivity index (χ0n) is 10.2. The number of anilines is 1. The van der Waals surface area contributed by atoms with Gasteiger partial charge in [0.1, 0.15) is 6.23 Å². The molecule has 2 atom stereocenters. The summed E-state index contributed by atoms with van der Waals surface area (Å²) >= 11 is 0. The maximum absolute atomic E-state index is 11.7. The second kappa shape index (κ2) is 5.84. The highest BCUT2D eigenvalue weighted by molar-refractivity contribution is 5.82. The fourth-order valence-corrected chi connectivity index (χ4v) is 2.10. The van der Waals surface area contributed by atoms with Gasteiger partial charge in [-0.25, -0.2) is 0 Å².